The largest absolute Gasteiger partial charge is 0.382 e. The number of fused-ring (bicyclic) bond motifs is 1. The number of anilines is 2. The summed E-state index contributed by atoms with van der Waals surface area (Å²) in [5.41, 5.74) is 11.7. The maximum atomic E-state index is 13.1. The van der Waals surface area contributed by atoms with Crippen molar-refractivity contribution >= 4 is 45.7 Å². The fraction of sp³-hybridized carbons (Fsp3) is 0.294. The first-order valence-electron chi connectivity index (χ1n) is 8.35. The van der Waals surface area contributed by atoms with Gasteiger partial charge in [0.15, 0.2) is 5.82 Å². The molecule has 0 aliphatic carbocycles. The van der Waals surface area contributed by atoms with Crippen molar-refractivity contribution in [3.05, 3.63) is 50.7 Å². The van der Waals surface area contributed by atoms with E-state index in [4.69, 9.17) is 34.7 Å². The molecule has 0 aliphatic heterocycles. The van der Waals surface area contributed by atoms with E-state index in [0.29, 0.717) is 47.1 Å². The van der Waals surface area contributed by atoms with Gasteiger partial charge in [-0.05, 0) is 32.0 Å². The summed E-state index contributed by atoms with van der Waals surface area (Å²) in [5.74, 6) is 1.05. The molecule has 1 atom stereocenters. The Balaban J connectivity index is 2.11. The number of aromatic nitrogens is 4. The van der Waals surface area contributed by atoms with Gasteiger partial charge in [0.1, 0.15) is 23.0 Å². The minimum atomic E-state index is -0.384. The molecule has 0 radical (unpaired) electrons. The number of benzene rings is 1. The number of hydrogen-bond donors (Lipinski definition) is 3. The van der Waals surface area contributed by atoms with Crippen molar-refractivity contribution in [1.29, 1.82) is 0 Å². The lowest BCUT2D eigenvalue weighted by atomic mass is 10.2. The van der Waals surface area contributed by atoms with E-state index in [9.17, 15) is 4.79 Å². The van der Waals surface area contributed by atoms with Crippen LogP contribution in [0.4, 0.5) is 11.6 Å². The van der Waals surface area contributed by atoms with Crippen LogP contribution in [0.25, 0.3) is 10.9 Å². The molecule has 2 aromatic heterocycles. The Morgan fingerprint density at radius 3 is 2.81 bits per heavy atom. The molecule has 0 bridgehead atoms. The van der Waals surface area contributed by atoms with Gasteiger partial charge in [-0.1, -0.05) is 29.3 Å². The van der Waals surface area contributed by atoms with Gasteiger partial charge in [-0.2, -0.15) is 0 Å². The summed E-state index contributed by atoms with van der Waals surface area (Å²) in [6.45, 7) is 2.72. The van der Waals surface area contributed by atoms with E-state index in [1.165, 1.54) is 6.33 Å². The Morgan fingerprint density at radius 2 is 2.07 bits per heavy atom. The van der Waals surface area contributed by atoms with Crippen molar-refractivity contribution in [2.24, 2.45) is 5.73 Å². The molecule has 10 heteroatoms. The number of hydrogen-bond acceptors (Lipinski definition) is 7. The van der Waals surface area contributed by atoms with Crippen LogP contribution in [0.2, 0.25) is 10.0 Å². The normalized spacial score (nSPS) is 12.3. The summed E-state index contributed by atoms with van der Waals surface area (Å²) < 4.78 is 1.58. The third-order valence-corrected chi connectivity index (χ3v) is 4.79. The van der Waals surface area contributed by atoms with Crippen molar-refractivity contribution in [1.82, 2.24) is 19.5 Å². The highest BCUT2D eigenvalue weighted by molar-refractivity contribution is 6.35. The van der Waals surface area contributed by atoms with E-state index in [0.717, 1.165) is 0 Å². The first-order chi connectivity index (χ1) is 12.9. The zero-order chi connectivity index (χ0) is 19.6. The van der Waals surface area contributed by atoms with E-state index in [1.807, 2.05) is 6.92 Å². The van der Waals surface area contributed by atoms with Gasteiger partial charge in [0.2, 0.25) is 0 Å². The molecular weight excluding hydrogens is 389 g/mol. The Labute approximate surface area is 165 Å². The third kappa shape index (κ3) is 3.83. The molecule has 3 aromatic rings. The Morgan fingerprint density at radius 1 is 1.30 bits per heavy atom. The molecule has 5 N–H and O–H groups in total. The van der Waals surface area contributed by atoms with Crippen LogP contribution in [0.5, 0.6) is 0 Å². The van der Waals surface area contributed by atoms with Gasteiger partial charge < -0.3 is 16.8 Å². The Bertz CT molecular complexity index is 1040. The van der Waals surface area contributed by atoms with E-state index >= 15 is 0 Å². The van der Waals surface area contributed by atoms with Crippen molar-refractivity contribution < 1.29 is 0 Å². The third-order valence-electron chi connectivity index (χ3n) is 4.10. The number of nitrogen functional groups attached to an aromatic ring is 1. The number of nitrogens with one attached hydrogen (secondary N) is 1. The molecule has 142 valence electrons. The molecule has 27 heavy (non-hydrogen) atoms. The first-order valence-corrected chi connectivity index (χ1v) is 9.11. The first kappa shape index (κ1) is 19.3. The van der Waals surface area contributed by atoms with Gasteiger partial charge in [-0.25, -0.2) is 15.0 Å². The molecule has 0 saturated carbocycles. The molecule has 0 fully saturated rings. The lowest BCUT2D eigenvalue weighted by Gasteiger charge is -2.20. The monoisotopic (exact) mass is 407 g/mol. The summed E-state index contributed by atoms with van der Waals surface area (Å²) in [5, 5.41) is 4.10. The number of halogens is 2. The minimum Gasteiger partial charge on any atom is -0.382 e. The highest BCUT2D eigenvalue weighted by atomic mass is 35.5. The summed E-state index contributed by atoms with van der Waals surface area (Å²) in [6.07, 6.45) is 1.93. The molecule has 8 nitrogen and oxygen atoms in total. The van der Waals surface area contributed by atoms with Gasteiger partial charge >= 0.3 is 0 Å². The predicted octanol–water partition coefficient (Wildman–Crippen LogP) is 2.60. The predicted molar refractivity (Wildman–Crippen MR) is 108 cm³/mol. The van der Waals surface area contributed by atoms with Crippen LogP contribution < -0.4 is 22.3 Å². The lowest BCUT2D eigenvalue weighted by molar-refractivity contribution is 0.570. The second-order valence-corrected chi connectivity index (χ2v) is 6.78. The smallest absolute Gasteiger partial charge is 0.262 e. The van der Waals surface area contributed by atoms with Gasteiger partial charge in [0.05, 0.1) is 22.0 Å². The fourth-order valence-electron chi connectivity index (χ4n) is 2.79. The quantitative estimate of drug-likeness (QED) is 0.573. The second-order valence-electron chi connectivity index (χ2n) is 5.99. The van der Waals surface area contributed by atoms with E-state index in [2.05, 4.69) is 20.3 Å². The highest BCUT2D eigenvalue weighted by Crippen LogP contribution is 2.27. The minimum absolute atomic E-state index is 0.167. The van der Waals surface area contributed by atoms with Gasteiger partial charge in [-0.15, -0.1) is 0 Å². The zero-order valence-electron chi connectivity index (χ0n) is 14.6. The van der Waals surface area contributed by atoms with E-state index in [1.54, 1.807) is 22.8 Å². The summed E-state index contributed by atoms with van der Waals surface area (Å²) >= 11 is 12.4. The Hall–Kier alpha value is -2.42. The van der Waals surface area contributed by atoms with E-state index < -0.39 is 0 Å². The Kier molecular flexibility index (Phi) is 5.79. The van der Waals surface area contributed by atoms with Gasteiger partial charge in [0.25, 0.3) is 5.56 Å². The lowest BCUT2D eigenvalue weighted by Crippen LogP contribution is -2.29. The van der Waals surface area contributed by atoms with Crippen molar-refractivity contribution in [2.45, 2.75) is 25.9 Å². The molecule has 2 heterocycles. The molecular formula is C17H19Cl2N7O. The molecule has 1 unspecified atom stereocenters. The standard InChI is InChI=1S/C17H19Cl2N7O/c1-9(24-15-13(19)14(21)22-8-23-15)16-25-11-5-2-4-10(18)12(11)17(27)26(16)7-3-6-20/h2,4-5,8-9H,3,6-7,20H2,1H3,(H3,21,22,23,24). The average molecular weight is 408 g/mol. The highest BCUT2D eigenvalue weighted by Gasteiger charge is 2.19. The number of nitrogens with two attached hydrogens (primary N) is 2. The van der Waals surface area contributed by atoms with Crippen molar-refractivity contribution in [3.8, 4) is 0 Å². The van der Waals surface area contributed by atoms with Crippen LogP contribution in [0.15, 0.2) is 29.3 Å². The summed E-state index contributed by atoms with van der Waals surface area (Å²) in [4.78, 5) is 25.6. The zero-order valence-corrected chi connectivity index (χ0v) is 16.1. The molecule has 1 aromatic carbocycles. The molecule has 0 amide bonds. The van der Waals surface area contributed by atoms with Crippen LogP contribution in [0, 0.1) is 0 Å². The summed E-state index contributed by atoms with van der Waals surface area (Å²) in [7, 11) is 0. The molecule has 0 spiro atoms. The average Bonchev–Trinajstić information content (AvgIpc) is 2.64. The molecule has 0 saturated heterocycles. The molecule has 0 aliphatic rings. The maximum Gasteiger partial charge on any atom is 0.262 e. The van der Waals surface area contributed by atoms with Crippen LogP contribution in [-0.4, -0.2) is 26.1 Å². The van der Waals surface area contributed by atoms with Crippen LogP contribution >= 0.6 is 23.2 Å². The van der Waals surface area contributed by atoms with E-state index in [-0.39, 0.29) is 22.4 Å². The maximum absolute atomic E-state index is 13.1. The van der Waals surface area contributed by atoms with Crippen LogP contribution in [0.1, 0.15) is 25.2 Å². The molecule has 3 rings (SSSR count). The topological polar surface area (TPSA) is 125 Å². The second kappa shape index (κ2) is 8.08. The number of rotatable bonds is 6. The summed E-state index contributed by atoms with van der Waals surface area (Å²) in [6, 6.07) is 4.79. The van der Waals surface area contributed by atoms with Crippen molar-refractivity contribution in [2.75, 3.05) is 17.6 Å². The number of nitrogens with zero attached hydrogens (tertiary/aromatic N) is 4. The fourth-order valence-corrected chi connectivity index (χ4v) is 3.19. The van der Waals surface area contributed by atoms with Gasteiger partial charge in [-0.3, -0.25) is 9.36 Å². The van der Waals surface area contributed by atoms with Crippen LogP contribution in [0.3, 0.4) is 0 Å². The van der Waals surface area contributed by atoms with Gasteiger partial charge in [0, 0.05) is 6.54 Å². The van der Waals surface area contributed by atoms with Crippen LogP contribution in [-0.2, 0) is 6.54 Å². The SMILES string of the molecule is CC(Nc1ncnc(N)c1Cl)c1nc2cccc(Cl)c2c(=O)n1CCCN. The van der Waals surface area contributed by atoms with Crippen molar-refractivity contribution in [3.63, 3.8) is 0 Å².